The maximum Gasteiger partial charge on any atom is 0.475 e. The number of thiazole rings is 1. The Kier molecular flexibility index (Phi) is 12.9. The van der Waals surface area contributed by atoms with Gasteiger partial charge in [-0.3, -0.25) is 18.4 Å². The molecule has 4 aromatic rings. The van der Waals surface area contributed by atoms with Crippen molar-refractivity contribution in [2.45, 2.75) is 72.0 Å². The van der Waals surface area contributed by atoms with Gasteiger partial charge in [-0.05, 0) is 97.7 Å². The van der Waals surface area contributed by atoms with Gasteiger partial charge in [0.05, 0.1) is 43.5 Å². The van der Waals surface area contributed by atoms with Crippen molar-refractivity contribution in [3.05, 3.63) is 59.6 Å². The molecule has 1 saturated heterocycles. The Labute approximate surface area is 308 Å². The fourth-order valence-corrected chi connectivity index (χ4v) is 8.12. The molecule has 2 N–H and O–H groups in total. The molecule has 13 nitrogen and oxygen atoms in total. The van der Waals surface area contributed by atoms with Gasteiger partial charge in [-0.1, -0.05) is 6.07 Å². The molecule has 1 aliphatic rings. The molecular weight excluding hydrogens is 710 g/mol. The van der Waals surface area contributed by atoms with Gasteiger partial charge in [0.25, 0.3) is 0 Å². The number of ether oxygens (including phenoxy) is 2. The summed E-state index contributed by atoms with van der Waals surface area (Å²) >= 11 is 1.32. The molecule has 52 heavy (non-hydrogen) atoms. The van der Waals surface area contributed by atoms with Gasteiger partial charge < -0.3 is 25.0 Å². The molecule has 0 bridgehead atoms. The number of likely N-dealkylation sites (tertiary alicyclic amines) is 1. The molecule has 0 radical (unpaired) electrons. The quantitative estimate of drug-likeness (QED) is 0.113. The molecule has 3 heterocycles. The molecule has 0 spiro atoms. The van der Waals surface area contributed by atoms with Crippen molar-refractivity contribution in [3.8, 4) is 11.5 Å². The number of hydrogen-bond donors (Lipinski definition) is 2. The number of piperidine rings is 1. The van der Waals surface area contributed by atoms with Gasteiger partial charge in [0.15, 0.2) is 16.6 Å². The van der Waals surface area contributed by atoms with E-state index < -0.39 is 24.8 Å². The minimum Gasteiger partial charge on any atom is -0.493 e. The minimum absolute atomic E-state index is 0.0890. The number of nitrogens with one attached hydrogen (secondary N) is 2. The number of carbonyl (C=O) groups excluding carboxylic acids is 1. The first-order valence-electron chi connectivity index (χ1n) is 17.2. The van der Waals surface area contributed by atoms with Gasteiger partial charge in [0, 0.05) is 34.8 Å². The Morgan fingerprint density at radius 3 is 2.42 bits per heavy atom. The van der Waals surface area contributed by atoms with Crippen LogP contribution >= 0.6 is 19.2 Å². The highest BCUT2D eigenvalue weighted by atomic mass is 32.1. The predicted octanol–water partition coefficient (Wildman–Crippen LogP) is 8.00. The van der Waals surface area contributed by atoms with Gasteiger partial charge >= 0.3 is 7.82 Å². The second kappa shape index (κ2) is 17.0. The van der Waals surface area contributed by atoms with E-state index in [1.165, 1.54) is 35.9 Å². The highest BCUT2D eigenvalue weighted by Crippen LogP contribution is 2.55. The number of halogens is 1. The molecular formula is C36H48FN6O7PS. The van der Waals surface area contributed by atoms with Crippen molar-refractivity contribution in [2.24, 2.45) is 5.92 Å². The first kappa shape index (κ1) is 39.5. The van der Waals surface area contributed by atoms with Crippen molar-refractivity contribution < 1.29 is 36.8 Å². The number of benzene rings is 2. The van der Waals surface area contributed by atoms with E-state index in [0.717, 1.165) is 30.8 Å². The van der Waals surface area contributed by atoms with Gasteiger partial charge in [0.1, 0.15) is 18.0 Å². The topological polar surface area (TPSA) is 146 Å². The molecule has 0 atom stereocenters. The van der Waals surface area contributed by atoms with E-state index in [0.29, 0.717) is 58.1 Å². The Balaban J connectivity index is 1.13. The number of phosphoric acid groups is 1. The smallest absolute Gasteiger partial charge is 0.475 e. The summed E-state index contributed by atoms with van der Waals surface area (Å²) in [4.78, 5) is 28.8. The number of rotatable bonds is 15. The number of anilines is 3. The van der Waals surface area contributed by atoms with Crippen LogP contribution in [0.2, 0.25) is 0 Å². The molecule has 1 fully saturated rings. The fraction of sp³-hybridized carbons (Fsp3) is 0.500. The number of hydrogen-bond acceptors (Lipinski definition) is 13. The van der Waals surface area contributed by atoms with Crippen LogP contribution in [-0.2, 0) is 29.4 Å². The summed E-state index contributed by atoms with van der Waals surface area (Å²) in [6, 6.07) is 9.43. The summed E-state index contributed by atoms with van der Waals surface area (Å²) in [5.74, 6) is 1.31. The minimum atomic E-state index is -3.75. The average molecular weight is 759 g/mol. The van der Waals surface area contributed by atoms with Crippen molar-refractivity contribution >= 4 is 52.6 Å². The van der Waals surface area contributed by atoms with Gasteiger partial charge in [-0.25, -0.2) is 23.9 Å². The Morgan fingerprint density at radius 2 is 1.75 bits per heavy atom. The lowest BCUT2D eigenvalue weighted by molar-refractivity contribution is -0.115. The SMILES string of the molecule is COc1cc2c(Nc3ncc(CC(=O)Nc4cccc(F)c4)s3)ncnc2cc1OCC1CCN(CCOP(=O)(OC(C)(C)C)OC(C)(C)C)CC1. The van der Waals surface area contributed by atoms with Gasteiger partial charge in [-0.2, -0.15) is 0 Å². The van der Waals surface area contributed by atoms with Crippen molar-refractivity contribution in [2.75, 3.05) is 50.6 Å². The molecule has 0 aliphatic carbocycles. The number of amides is 1. The fourth-order valence-electron chi connectivity index (χ4n) is 5.52. The van der Waals surface area contributed by atoms with E-state index in [9.17, 15) is 13.8 Å². The van der Waals surface area contributed by atoms with Crippen LogP contribution in [0.15, 0.2) is 48.9 Å². The highest BCUT2D eigenvalue weighted by molar-refractivity contribution is 7.48. The van der Waals surface area contributed by atoms with Gasteiger partial charge in [-0.15, -0.1) is 11.3 Å². The second-order valence-corrected chi connectivity index (χ2v) is 17.2. The van der Waals surface area contributed by atoms with Crippen LogP contribution in [0.1, 0.15) is 59.3 Å². The first-order chi connectivity index (χ1) is 24.6. The van der Waals surface area contributed by atoms with Crippen molar-refractivity contribution in [1.29, 1.82) is 0 Å². The van der Waals surface area contributed by atoms with E-state index in [1.54, 1.807) is 19.4 Å². The zero-order valence-electron chi connectivity index (χ0n) is 30.7. The molecule has 0 unspecified atom stereocenters. The van der Waals surface area contributed by atoms with Crippen LogP contribution in [0.25, 0.3) is 10.9 Å². The number of phosphoric ester groups is 1. The van der Waals surface area contributed by atoms with Crippen molar-refractivity contribution in [1.82, 2.24) is 19.9 Å². The predicted molar refractivity (Wildman–Crippen MR) is 200 cm³/mol. The van der Waals surface area contributed by atoms with Crippen LogP contribution in [0.4, 0.5) is 21.0 Å². The van der Waals surface area contributed by atoms with E-state index >= 15 is 0 Å². The Bertz CT molecular complexity index is 1850. The maximum atomic E-state index is 13.5. The lowest BCUT2D eigenvalue weighted by Crippen LogP contribution is -2.37. The van der Waals surface area contributed by atoms with Crippen LogP contribution in [0, 0.1) is 11.7 Å². The van der Waals surface area contributed by atoms with Gasteiger partial charge in [0.2, 0.25) is 5.91 Å². The third kappa shape index (κ3) is 11.9. The molecule has 2 aromatic heterocycles. The lowest BCUT2D eigenvalue weighted by atomic mass is 9.98. The first-order valence-corrected chi connectivity index (χ1v) is 19.5. The molecule has 1 amide bonds. The molecule has 0 saturated carbocycles. The largest absolute Gasteiger partial charge is 0.493 e. The molecule has 1 aliphatic heterocycles. The molecule has 2 aromatic carbocycles. The number of fused-ring (bicyclic) bond motifs is 1. The summed E-state index contributed by atoms with van der Waals surface area (Å²) in [5, 5.41) is 7.20. The third-order valence-corrected chi connectivity index (χ3v) is 10.7. The molecule has 5 rings (SSSR count). The summed E-state index contributed by atoms with van der Waals surface area (Å²) in [6.07, 6.45) is 5.04. The number of carbonyl (C=O) groups is 1. The van der Waals surface area contributed by atoms with E-state index in [-0.39, 0.29) is 18.9 Å². The van der Waals surface area contributed by atoms with Crippen LogP contribution in [-0.4, -0.2) is 76.9 Å². The zero-order chi connectivity index (χ0) is 37.5. The van der Waals surface area contributed by atoms with E-state index in [4.69, 9.17) is 23.0 Å². The van der Waals surface area contributed by atoms with Crippen LogP contribution in [0.5, 0.6) is 11.5 Å². The standard InChI is InChI=1S/C36H48FN6O7PS/c1-35(2,3)49-51(45,50-36(4,5)6)48-16-15-43-13-11-24(12-14-43)22-47-31-20-29-28(19-30(31)46-7)33(40-23-39-29)42-34-38-21-27(52-34)18-32(44)41-26-10-8-9-25(37)17-26/h8-10,17,19-21,23-24H,11-16,18,22H2,1-7H3,(H,41,44)(H,38,39,40,42). The van der Waals surface area contributed by atoms with Crippen LogP contribution < -0.4 is 20.1 Å². The van der Waals surface area contributed by atoms with E-state index in [1.807, 2.05) is 53.7 Å². The van der Waals surface area contributed by atoms with E-state index in [2.05, 4.69) is 30.5 Å². The number of methoxy groups -OCH3 is 1. The second-order valence-electron chi connectivity index (χ2n) is 14.5. The monoisotopic (exact) mass is 758 g/mol. The molecule has 282 valence electrons. The third-order valence-electron chi connectivity index (χ3n) is 7.75. The van der Waals surface area contributed by atoms with Crippen molar-refractivity contribution in [3.63, 3.8) is 0 Å². The Hall–Kier alpha value is -3.72. The van der Waals surface area contributed by atoms with Crippen LogP contribution in [0.3, 0.4) is 0 Å². The number of nitrogens with zero attached hydrogens (tertiary/aromatic N) is 4. The zero-order valence-corrected chi connectivity index (χ0v) is 32.4. The highest BCUT2D eigenvalue weighted by Gasteiger charge is 2.37. The summed E-state index contributed by atoms with van der Waals surface area (Å²) in [7, 11) is -2.16. The molecule has 16 heteroatoms. The number of aromatic nitrogens is 3. The normalized spacial score (nSPS) is 14.8. The lowest BCUT2D eigenvalue weighted by Gasteiger charge is -2.33. The summed E-state index contributed by atoms with van der Waals surface area (Å²) in [6.45, 7) is 14.0. The Morgan fingerprint density at radius 1 is 1.02 bits per heavy atom. The maximum absolute atomic E-state index is 13.5. The average Bonchev–Trinajstić information content (AvgIpc) is 3.48. The summed E-state index contributed by atoms with van der Waals surface area (Å²) < 4.78 is 56.0. The summed E-state index contributed by atoms with van der Waals surface area (Å²) in [5.41, 5.74) is -0.300.